The van der Waals surface area contributed by atoms with Crippen molar-refractivity contribution in [3.63, 3.8) is 0 Å². The summed E-state index contributed by atoms with van der Waals surface area (Å²) in [5, 5.41) is 15.2. The summed E-state index contributed by atoms with van der Waals surface area (Å²) in [7, 11) is 0. The predicted octanol–water partition coefficient (Wildman–Crippen LogP) is 2.74. The maximum Gasteiger partial charge on any atom is 0.0540 e. The average molecular weight is 253 g/mol. The van der Waals surface area contributed by atoms with Gasteiger partial charge in [0.25, 0.3) is 0 Å². The van der Waals surface area contributed by atoms with Crippen molar-refractivity contribution in [2.24, 2.45) is 5.92 Å². The SMILES string of the molecule is Cc1ccsc1CCNCC1CCC(O)CC1. The van der Waals surface area contributed by atoms with E-state index in [4.69, 9.17) is 0 Å². The van der Waals surface area contributed by atoms with E-state index in [0.717, 1.165) is 38.3 Å². The molecule has 0 unspecified atom stereocenters. The minimum Gasteiger partial charge on any atom is -0.393 e. The zero-order valence-corrected chi connectivity index (χ0v) is 11.4. The number of aliphatic hydroxyl groups is 1. The van der Waals surface area contributed by atoms with Gasteiger partial charge < -0.3 is 10.4 Å². The summed E-state index contributed by atoms with van der Waals surface area (Å²) >= 11 is 1.86. The highest BCUT2D eigenvalue weighted by molar-refractivity contribution is 7.10. The van der Waals surface area contributed by atoms with Crippen molar-refractivity contribution in [2.75, 3.05) is 13.1 Å². The van der Waals surface area contributed by atoms with Gasteiger partial charge in [0.2, 0.25) is 0 Å². The zero-order valence-electron chi connectivity index (χ0n) is 10.6. The predicted molar refractivity (Wildman–Crippen MR) is 73.6 cm³/mol. The Morgan fingerprint density at radius 3 is 2.76 bits per heavy atom. The molecule has 0 aromatic carbocycles. The number of aryl methyl sites for hydroxylation is 1. The number of rotatable bonds is 5. The van der Waals surface area contributed by atoms with E-state index in [-0.39, 0.29) is 6.10 Å². The molecule has 2 rings (SSSR count). The molecule has 17 heavy (non-hydrogen) atoms. The van der Waals surface area contributed by atoms with Gasteiger partial charge in [-0.15, -0.1) is 11.3 Å². The van der Waals surface area contributed by atoms with Crippen LogP contribution in [0.25, 0.3) is 0 Å². The second kappa shape index (κ2) is 6.53. The van der Waals surface area contributed by atoms with Gasteiger partial charge in [-0.3, -0.25) is 0 Å². The minimum absolute atomic E-state index is 0.0278. The van der Waals surface area contributed by atoms with Crippen LogP contribution in [0.5, 0.6) is 0 Å². The molecule has 1 saturated carbocycles. The third kappa shape index (κ3) is 4.09. The Bertz CT molecular complexity index is 329. The van der Waals surface area contributed by atoms with Crippen LogP contribution in [-0.2, 0) is 6.42 Å². The summed E-state index contributed by atoms with van der Waals surface area (Å²) < 4.78 is 0. The third-order valence-electron chi connectivity index (χ3n) is 3.75. The highest BCUT2D eigenvalue weighted by atomic mass is 32.1. The van der Waals surface area contributed by atoms with Crippen LogP contribution in [0.15, 0.2) is 11.4 Å². The Labute approximate surface area is 108 Å². The molecule has 1 aliphatic rings. The van der Waals surface area contributed by atoms with Crippen molar-refractivity contribution in [3.8, 4) is 0 Å². The van der Waals surface area contributed by atoms with Gasteiger partial charge in [-0.2, -0.15) is 0 Å². The molecule has 2 N–H and O–H groups in total. The molecule has 0 radical (unpaired) electrons. The van der Waals surface area contributed by atoms with Crippen molar-refractivity contribution in [3.05, 3.63) is 21.9 Å². The van der Waals surface area contributed by atoms with Crippen molar-refractivity contribution in [2.45, 2.75) is 45.1 Å². The monoisotopic (exact) mass is 253 g/mol. The molecular weight excluding hydrogens is 230 g/mol. The first-order chi connectivity index (χ1) is 8.25. The van der Waals surface area contributed by atoms with Crippen molar-refractivity contribution in [1.82, 2.24) is 5.32 Å². The molecule has 0 spiro atoms. The molecule has 96 valence electrons. The smallest absolute Gasteiger partial charge is 0.0540 e. The lowest BCUT2D eigenvalue weighted by molar-refractivity contribution is 0.108. The fourth-order valence-electron chi connectivity index (χ4n) is 2.52. The summed E-state index contributed by atoms with van der Waals surface area (Å²) in [4.78, 5) is 1.51. The second-order valence-electron chi connectivity index (χ2n) is 5.16. The highest BCUT2D eigenvalue weighted by Gasteiger charge is 2.18. The van der Waals surface area contributed by atoms with Crippen LogP contribution in [0, 0.1) is 12.8 Å². The maximum atomic E-state index is 9.44. The van der Waals surface area contributed by atoms with Crippen LogP contribution < -0.4 is 5.32 Å². The molecule has 1 heterocycles. The Kier molecular flexibility index (Phi) is 5.01. The van der Waals surface area contributed by atoms with Crippen LogP contribution in [0.3, 0.4) is 0 Å². The minimum atomic E-state index is -0.0278. The molecule has 0 aliphatic heterocycles. The van der Waals surface area contributed by atoms with Gasteiger partial charge in [0.1, 0.15) is 0 Å². The molecule has 0 saturated heterocycles. The Balaban J connectivity index is 1.59. The standard InChI is InChI=1S/C14H23NOS/c1-11-7-9-17-14(11)6-8-15-10-12-2-4-13(16)5-3-12/h7,9,12-13,15-16H,2-6,8,10H2,1H3. The third-order valence-corrected chi connectivity index (χ3v) is 4.83. The van der Waals surface area contributed by atoms with E-state index in [2.05, 4.69) is 23.7 Å². The molecule has 3 heteroatoms. The number of hydrogen-bond donors (Lipinski definition) is 2. The molecule has 1 aliphatic carbocycles. The lowest BCUT2D eigenvalue weighted by atomic mass is 9.87. The van der Waals surface area contributed by atoms with Gasteiger partial charge in [-0.05, 0) is 75.0 Å². The summed E-state index contributed by atoms with van der Waals surface area (Å²) in [6, 6.07) is 2.20. The van der Waals surface area contributed by atoms with Crippen molar-refractivity contribution < 1.29 is 5.11 Å². The van der Waals surface area contributed by atoms with Crippen LogP contribution in [0.4, 0.5) is 0 Å². The van der Waals surface area contributed by atoms with Gasteiger partial charge in [-0.25, -0.2) is 0 Å². The second-order valence-corrected chi connectivity index (χ2v) is 6.16. The first-order valence-electron chi connectivity index (χ1n) is 6.67. The van der Waals surface area contributed by atoms with E-state index in [1.165, 1.54) is 23.3 Å². The topological polar surface area (TPSA) is 32.3 Å². The van der Waals surface area contributed by atoms with Gasteiger partial charge in [0.15, 0.2) is 0 Å². The van der Waals surface area contributed by atoms with Crippen molar-refractivity contribution >= 4 is 11.3 Å². The Hall–Kier alpha value is -0.380. The molecule has 1 fully saturated rings. The van der Waals surface area contributed by atoms with Gasteiger partial charge in [-0.1, -0.05) is 0 Å². The summed E-state index contributed by atoms with van der Waals surface area (Å²) in [6.45, 7) is 4.39. The highest BCUT2D eigenvalue weighted by Crippen LogP contribution is 2.23. The largest absolute Gasteiger partial charge is 0.393 e. The molecular formula is C14H23NOS. The number of hydrogen-bond acceptors (Lipinski definition) is 3. The van der Waals surface area contributed by atoms with Crippen LogP contribution >= 0.6 is 11.3 Å². The van der Waals surface area contributed by atoms with E-state index < -0.39 is 0 Å². The first kappa shape index (κ1) is 13.1. The summed E-state index contributed by atoms with van der Waals surface area (Å²) in [6.07, 6.45) is 5.49. The fourth-order valence-corrected chi connectivity index (χ4v) is 3.43. The molecule has 1 aromatic heterocycles. The van der Waals surface area contributed by atoms with E-state index >= 15 is 0 Å². The zero-order chi connectivity index (χ0) is 12.1. The summed E-state index contributed by atoms with van der Waals surface area (Å²) in [5.74, 6) is 0.780. The van der Waals surface area contributed by atoms with Crippen LogP contribution in [-0.4, -0.2) is 24.3 Å². The number of thiophene rings is 1. The van der Waals surface area contributed by atoms with Crippen LogP contribution in [0.2, 0.25) is 0 Å². The molecule has 0 atom stereocenters. The number of nitrogens with one attached hydrogen (secondary N) is 1. The van der Waals surface area contributed by atoms with Crippen LogP contribution in [0.1, 0.15) is 36.1 Å². The number of aliphatic hydroxyl groups excluding tert-OH is 1. The Morgan fingerprint density at radius 1 is 1.35 bits per heavy atom. The van der Waals surface area contributed by atoms with Gasteiger partial charge in [0.05, 0.1) is 6.10 Å². The molecule has 2 nitrogen and oxygen atoms in total. The first-order valence-corrected chi connectivity index (χ1v) is 7.55. The van der Waals surface area contributed by atoms with E-state index in [0.29, 0.717) is 0 Å². The van der Waals surface area contributed by atoms with E-state index in [9.17, 15) is 5.11 Å². The lowest BCUT2D eigenvalue weighted by Gasteiger charge is -2.25. The maximum absolute atomic E-state index is 9.44. The van der Waals surface area contributed by atoms with E-state index in [1.807, 2.05) is 11.3 Å². The average Bonchev–Trinajstić information content (AvgIpc) is 2.73. The van der Waals surface area contributed by atoms with Crippen molar-refractivity contribution in [1.29, 1.82) is 0 Å². The van der Waals surface area contributed by atoms with Gasteiger partial charge >= 0.3 is 0 Å². The summed E-state index contributed by atoms with van der Waals surface area (Å²) in [5.41, 5.74) is 1.43. The normalized spacial score (nSPS) is 25.1. The molecule has 0 amide bonds. The molecule has 0 bridgehead atoms. The van der Waals surface area contributed by atoms with E-state index in [1.54, 1.807) is 0 Å². The molecule has 1 aromatic rings. The fraction of sp³-hybridized carbons (Fsp3) is 0.714. The van der Waals surface area contributed by atoms with Gasteiger partial charge in [0, 0.05) is 4.88 Å². The Morgan fingerprint density at radius 2 is 2.12 bits per heavy atom. The quantitative estimate of drug-likeness (QED) is 0.791. The lowest BCUT2D eigenvalue weighted by Crippen LogP contribution is -2.29.